The van der Waals surface area contributed by atoms with Crippen LogP contribution in [0.1, 0.15) is 22.8 Å². The highest BCUT2D eigenvalue weighted by Gasteiger charge is 2.28. The minimum absolute atomic E-state index is 0.282. The molecule has 2 aromatic rings. The first-order chi connectivity index (χ1) is 9.58. The first kappa shape index (κ1) is 12.5. The molecule has 102 valence electrons. The first-order valence-corrected chi connectivity index (χ1v) is 6.50. The van der Waals surface area contributed by atoms with Gasteiger partial charge in [0, 0.05) is 11.7 Å². The average Bonchev–Trinajstić information content (AvgIpc) is 2.75. The third kappa shape index (κ3) is 1.87. The minimum atomic E-state index is -0.536. The predicted octanol–water partition coefficient (Wildman–Crippen LogP) is 1.85. The van der Waals surface area contributed by atoms with Crippen LogP contribution in [0.15, 0.2) is 36.5 Å². The third-order valence-electron chi connectivity index (χ3n) is 3.64. The SMILES string of the molecule is CC1Cc2ccccc2N1c1cc(C(N)=O)c(N)cn1. The molecule has 1 aliphatic heterocycles. The van der Waals surface area contributed by atoms with Crippen LogP contribution < -0.4 is 16.4 Å². The molecule has 0 radical (unpaired) electrons. The molecule has 1 atom stereocenters. The van der Waals surface area contributed by atoms with E-state index in [9.17, 15) is 4.79 Å². The highest BCUT2D eigenvalue weighted by Crippen LogP contribution is 2.37. The van der Waals surface area contributed by atoms with Gasteiger partial charge in [0.05, 0.1) is 17.4 Å². The van der Waals surface area contributed by atoms with E-state index in [1.165, 1.54) is 11.8 Å². The number of aromatic nitrogens is 1. The fourth-order valence-corrected chi connectivity index (χ4v) is 2.71. The molecule has 0 spiro atoms. The number of amides is 1. The largest absolute Gasteiger partial charge is 0.397 e. The number of primary amides is 1. The zero-order valence-electron chi connectivity index (χ0n) is 11.2. The Labute approximate surface area is 117 Å². The second-order valence-electron chi connectivity index (χ2n) is 5.05. The third-order valence-corrected chi connectivity index (χ3v) is 3.64. The zero-order valence-corrected chi connectivity index (χ0v) is 11.2. The number of benzene rings is 1. The van der Waals surface area contributed by atoms with Gasteiger partial charge in [0.15, 0.2) is 0 Å². The summed E-state index contributed by atoms with van der Waals surface area (Å²) in [7, 11) is 0. The van der Waals surface area contributed by atoms with Gasteiger partial charge in [-0.15, -0.1) is 0 Å². The summed E-state index contributed by atoms with van der Waals surface area (Å²) in [5.41, 5.74) is 14.1. The molecule has 4 N–H and O–H groups in total. The van der Waals surface area contributed by atoms with E-state index in [4.69, 9.17) is 11.5 Å². The lowest BCUT2D eigenvalue weighted by Gasteiger charge is -2.24. The van der Waals surface area contributed by atoms with Gasteiger partial charge in [-0.05, 0) is 31.0 Å². The van der Waals surface area contributed by atoms with Crippen LogP contribution in [0.4, 0.5) is 17.2 Å². The van der Waals surface area contributed by atoms with E-state index >= 15 is 0 Å². The molecule has 0 fully saturated rings. The Morgan fingerprint density at radius 2 is 2.15 bits per heavy atom. The minimum Gasteiger partial charge on any atom is -0.397 e. The lowest BCUT2D eigenvalue weighted by atomic mass is 10.1. The van der Waals surface area contributed by atoms with Crippen LogP contribution in [0.3, 0.4) is 0 Å². The number of carbonyl (C=O) groups is 1. The van der Waals surface area contributed by atoms with Crippen LogP contribution in [0, 0.1) is 0 Å². The van der Waals surface area contributed by atoms with Crippen molar-refractivity contribution >= 4 is 23.1 Å². The van der Waals surface area contributed by atoms with Crippen molar-refractivity contribution < 1.29 is 4.79 Å². The number of hydrogen-bond donors (Lipinski definition) is 2. The molecule has 1 aliphatic rings. The van der Waals surface area contributed by atoms with Crippen molar-refractivity contribution in [1.82, 2.24) is 4.98 Å². The monoisotopic (exact) mass is 268 g/mol. The van der Waals surface area contributed by atoms with Gasteiger partial charge in [-0.3, -0.25) is 4.79 Å². The van der Waals surface area contributed by atoms with Crippen molar-refractivity contribution in [3.8, 4) is 0 Å². The summed E-state index contributed by atoms with van der Waals surface area (Å²) in [6, 6.07) is 10.1. The summed E-state index contributed by atoms with van der Waals surface area (Å²) >= 11 is 0. The Balaban J connectivity index is 2.10. The predicted molar refractivity (Wildman–Crippen MR) is 78.9 cm³/mol. The van der Waals surface area contributed by atoms with Crippen molar-refractivity contribution in [1.29, 1.82) is 0 Å². The molecule has 0 saturated carbocycles. The quantitative estimate of drug-likeness (QED) is 0.870. The topological polar surface area (TPSA) is 85.2 Å². The molecule has 0 bridgehead atoms. The second kappa shape index (κ2) is 4.52. The summed E-state index contributed by atoms with van der Waals surface area (Å²) in [5, 5.41) is 0. The van der Waals surface area contributed by atoms with Crippen molar-refractivity contribution in [2.45, 2.75) is 19.4 Å². The summed E-state index contributed by atoms with van der Waals surface area (Å²) in [6.45, 7) is 2.13. The number of pyridine rings is 1. The molecule has 0 saturated heterocycles. The van der Waals surface area contributed by atoms with Gasteiger partial charge in [0.25, 0.3) is 5.91 Å². The Hall–Kier alpha value is -2.56. The van der Waals surface area contributed by atoms with Crippen molar-refractivity contribution in [2.24, 2.45) is 5.73 Å². The summed E-state index contributed by atoms with van der Waals surface area (Å²) in [6.07, 6.45) is 2.44. The molecule has 3 rings (SSSR count). The number of nitrogens with zero attached hydrogens (tertiary/aromatic N) is 2. The fraction of sp³-hybridized carbons (Fsp3) is 0.200. The van der Waals surface area contributed by atoms with E-state index in [0.29, 0.717) is 17.1 Å². The molecule has 2 heterocycles. The fourth-order valence-electron chi connectivity index (χ4n) is 2.71. The number of nitrogens with two attached hydrogens (primary N) is 2. The standard InChI is InChI=1S/C15H16N4O/c1-9-6-10-4-2-3-5-13(10)19(9)14-7-11(15(17)20)12(16)8-18-14/h2-5,7-9H,6,16H2,1H3,(H2,17,20). The van der Waals surface area contributed by atoms with Gasteiger partial charge in [-0.25, -0.2) is 4.98 Å². The molecule has 20 heavy (non-hydrogen) atoms. The van der Waals surface area contributed by atoms with Gasteiger partial charge >= 0.3 is 0 Å². The molecule has 1 unspecified atom stereocenters. The highest BCUT2D eigenvalue weighted by atomic mass is 16.1. The van der Waals surface area contributed by atoms with Crippen molar-refractivity contribution in [3.63, 3.8) is 0 Å². The van der Waals surface area contributed by atoms with Crippen molar-refractivity contribution in [3.05, 3.63) is 47.7 Å². The summed E-state index contributed by atoms with van der Waals surface area (Å²) in [4.78, 5) is 17.9. The lowest BCUT2D eigenvalue weighted by Crippen LogP contribution is -2.25. The smallest absolute Gasteiger partial charge is 0.250 e. The van der Waals surface area contributed by atoms with E-state index in [1.807, 2.05) is 12.1 Å². The van der Waals surface area contributed by atoms with E-state index < -0.39 is 5.91 Å². The molecular formula is C15H16N4O. The van der Waals surface area contributed by atoms with Crippen LogP contribution in [0.5, 0.6) is 0 Å². The summed E-state index contributed by atoms with van der Waals surface area (Å²) in [5.74, 6) is 0.164. The van der Waals surface area contributed by atoms with Gasteiger partial charge in [0.1, 0.15) is 5.82 Å². The Bertz CT molecular complexity index is 683. The maximum atomic E-state index is 11.4. The number of para-hydroxylation sites is 1. The number of fused-ring (bicyclic) bond motifs is 1. The number of rotatable bonds is 2. The van der Waals surface area contributed by atoms with Crippen LogP contribution in [0.25, 0.3) is 0 Å². The normalized spacial score (nSPS) is 17.1. The molecular weight excluding hydrogens is 252 g/mol. The van der Waals surface area contributed by atoms with E-state index in [1.54, 1.807) is 6.07 Å². The lowest BCUT2D eigenvalue weighted by molar-refractivity contribution is 0.100. The molecule has 1 amide bonds. The maximum absolute atomic E-state index is 11.4. The number of anilines is 3. The number of hydrogen-bond acceptors (Lipinski definition) is 4. The first-order valence-electron chi connectivity index (χ1n) is 6.50. The Kier molecular flexibility index (Phi) is 2.82. The average molecular weight is 268 g/mol. The van der Waals surface area contributed by atoms with E-state index in [0.717, 1.165) is 12.1 Å². The van der Waals surface area contributed by atoms with Crippen LogP contribution in [0.2, 0.25) is 0 Å². The molecule has 5 nitrogen and oxygen atoms in total. The van der Waals surface area contributed by atoms with E-state index in [-0.39, 0.29) is 6.04 Å². The molecule has 0 aliphatic carbocycles. The highest BCUT2D eigenvalue weighted by molar-refractivity contribution is 5.98. The van der Waals surface area contributed by atoms with Crippen LogP contribution in [-0.4, -0.2) is 16.9 Å². The molecule has 5 heteroatoms. The van der Waals surface area contributed by atoms with Crippen LogP contribution in [-0.2, 0) is 6.42 Å². The second-order valence-corrected chi connectivity index (χ2v) is 5.05. The number of carbonyl (C=O) groups excluding carboxylic acids is 1. The molecule has 1 aromatic carbocycles. The zero-order chi connectivity index (χ0) is 14.3. The Morgan fingerprint density at radius 1 is 1.40 bits per heavy atom. The van der Waals surface area contributed by atoms with Gasteiger partial charge in [-0.2, -0.15) is 0 Å². The number of nitrogen functional groups attached to an aromatic ring is 1. The van der Waals surface area contributed by atoms with Gasteiger partial charge < -0.3 is 16.4 Å². The molecule has 1 aromatic heterocycles. The Morgan fingerprint density at radius 3 is 2.90 bits per heavy atom. The van der Waals surface area contributed by atoms with Crippen molar-refractivity contribution in [2.75, 3.05) is 10.6 Å². The summed E-state index contributed by atoms with van der Waals surface area (Å²) < 4.78 is 0. The van der Waals surface area contributed by atoms with Gasteiger partial charge in [-0.1, -0.05) is 18.2 Å². The van der Waals surface area contributed by atoms with E-state index in [2.05, 4.69) is 28.9 Å². The van der Waals surface area contributed by atoms with Crippen LogP contribution >= 0.6 is 0 Å². The maximum Gasteiger partial charge on any atom is 0.250 e. The van der Waals surface area contributed by atoms with Gasteiger partial charge in [0.2, 0.25) is 0 Å².